The predicted molar refractivity (Wildman–Crippen MR) is 86.9 cm³/mol. The van der Waals surface area contributed by atoms with Gasteiger partial charge in [-0.25, -0.2) is 9.97 Å². The Hall–Kier alpha value is -1.24. The zero-order valence-electron chi connectivity index (χ0n) is 14.1. The number of hydrogen-bond acceptors (Lipinski definition) is 6. The first-order chi connectivity index (χ1) is 10.4. The Kier molecular flexibility index (Phi) is 5.72. The average molecular weight is 308 g/mol. The fraction of sp³-hybridized carbons (Fsp3) is 0.750. The van der Waals surface area contributed by atoms with Crippen LogP contribution in [0, 0.1) is 5.41 Å². The predicted octanol–water partition coefficient (Wildman–Crippen LogP) is 1.15. The van der Waals surface area contributed by atoms with Gasteiger partial charge in [0.2, 0.25) is 5.95 Å². The minimum Gasteiger partial charge on any atom is -0.395 e. The molecular weight excluding hydrogens is 280 g/mol. The van der Waals surface area contributed by atoms with Crippen LogP contribution in [-0.2, 0) is 11.3 Å². The molecule has 22 heavy (non-hydrogen) atoms. The summed E-state index contributed by atoms with van der Waals surface area (Å²) < 4.78 is 5.34. The average Bonchev–Trinajstić information content (AvgIpc) is 2.48. The molecule has 1 unspecified atom stereocenters. The molecule has 0 amide bonds. The van der Waals surface area contributed by atoms with Crippen LogP contribution in [0.15, 0.2) is 12.4 Å². The van der Waals surface area contributed by atoms with Crippen molar-refractivity contribution >= 4 is 5.95 Å². The van der Waals surface area contributed by atoms with E-state index in [0.717, 1.165) is 44.4 Å². The number of aliphatic hydroxyl groups is 1. The molecule has 1 atom stereocenters. The number of aliphatic hydroxyl groups excluding tert-OH is 1. The monoisotopic (exact) mass is 308 g/mol. The number of rotatable bonds is 5. The molecule has 0 bridgehead atoms. The zero-order valence-corrected chi connectivity index (χ0v) is 14.1. The fourth-order valence-corrected chi connectivity index (χ4v) is 2.83. The van der Waals surface area contributed by atoms with E-state index in [9.17, 15) is 5.11 Å². The molecule has 1 aliphatic rings. The SMILES string of the molecule is CN(Cc1cnc(N2CCOCC2)nc1)C(CO)C(C)(C)C. The van der Waals surface area contributed by atoms with Gasteiger partial charge in [0.15, 0.2) is 0 Å². The maximum atomic E-state index is 9.63. The molecule has 0 radical (unpaired) electrons. The second kappa shape index (κ2) is 7.35. The molecule has 0 aromatic carbocycles. The van der Waals surface area contributed by atoms with Gasteiger partial charge in [-0.05, 0) is 12.5 Å². The number of morpholine rings is 1. The van der Waals surface area contributed by atoms with Crippen LogP contribution in [0.3, 0.4) is 0 Å². The van der Waals surface area contributed by atoms with E-state index in [0.29, 0.717) is 0 Å². The van der Waals surface area contributed by atoms with E-state index in [-0.39, 0.29) is 18.1 Å². The van der Waals surface area contributed by atoms with Crippen LogP contribution in [0.2, 0.25) is 0 Å². The van der Waals surface area contributed by atoms with Crippen LogP contribution in [0.4, 0.5) is 5.95 Å². The highest BCUT2D eigenvalue weighted by Gasteiger charge is 2.27. The Labute approximate surface area is 133 Å². The van der Waals surface area contributed by atoms with Crippen molar-refractivity contribution in [2.45, 2.75) is 33.4 Å². The molecule has 1 N–H and O–H groups in total. The highest BCUT2D eigenvalue weighted by atomic mass is 16.5. The van der Waals surface area contributed by atoms with Gasteiger partial charge >= 0.3 is 0 Å². The molecule has 6 heteroatoms. The summed E-state index contributed by atoms with van der Waals surface area (Å²) in [6.07, 6.45) is 3.76. The van der Waals surface area contributed by atoms with E-state index in [2.05, 4.69) is 40.5 Å². The normalized spacial score (nSPS) is 17.8. The quantitative estimate of drug-likeness (QED) is 0.880. The Bertz CT molecular complexity index is 452. The van der Waals surface area contributed by atoms with Crippen molar-refractivity contribution in [2.24, 2.45) is 5.41 Å². The lowest BCUT2D eigenvalue weighted by Gasteiger charge is -2.36. The summed E-state index contributed by atoms with van der Waals surface area (Å²) in [4.78, 5) is 13.2. The number of likely N-dealkylation sites (N-methyl/N-ethyl adjacent to an activating group) is 1. The third kappa shape index (κ3) is 4.38. The molecular formula is C16H28N4O2. The van der Waals surface area contributed by atoms with E-state index in [1.807, 2.05) is 19.4 Å². The Balaban J connectivity index is 1.98. The first-order valence-corrected chi connectivity index (χ1v) is 7.86. The van der Waals surface area contributed by atoms with Gasteiger partial charge in [0.25, 0.3) is 0 Å². The van der Waals surface area contributed by atoms with E-state index < -0.39 is 0 Å². The van der Waals surface area contributed by atoms with Gasteiger partial charge in [-0.3, -0.25) is 4.90 Å². The molecule has 1 fully saturated rings. The maximum Gasteiger partial charge on any atom is 0.225 e. The molecule has 1 aromatic heterocycles. The second-order valence-corrected chi connectivity index (χ2v) is 6.97. The molecule has 1 saturated heterocycles. The maximum absolute atomic E-state index is 9.63. The van der Waals surface area contributed by atoms with E-state index in [1.165, 1.54) is 0 Å². The van der Waals surface area contributed by atoms with Crippen molar-refractivity contribution in [3.63, 3.8) is 0 Å². The zero-order chi connectivity index (χ0) is 16.2. The van der Waals surface area contributed by atoms with Gasteiger partial charge < -0.3 is 14.7 Å². The third-order valence-electron chi connectivity index (χ3n) is 4.12. The second-order valence-electron chi connectivity index (χ2n) is 6.97. The van der Waals surface area contributed by atoms with Crippen molar-refractivity contribution in [1.29, 1.82) is 0 Å². The summed E-state index contributed by atoms with van der Waals surface area (Å²) in [5.74, 6) is 0.768. The minimum atomic E-state index is 0.0259. The Morgan fingerprint density at radius 1 is 1.27 bits per heavy atom. The Morgan fingerprint density at radius 2 is 1.86 bits per heavy atom. The van der Waals surface area contributed by atoms with Crippen LogP contribution in [0.5, 0.6) is 0 Å². The van der Waals surface area contributed by atoms with Crippen LogP contribution in [-0.4, -0.2) is 66.0 Å². The summed E-state index contributed by atoms with van der Waals surface area (Å²) in [5.41, 5.74) is 1.08. The third-order valence-corrected chi connectivity index (χ3v) is 4.12. The van der Waals surface area contributed by atoms with Crippen LogP contribution in [0.25, 0.3) is 0 Å². The summed E-state index contributed by atoms with van der Waals surface area (Å²) in [5, 5.41) is 9.63. The number of anilines is 1. The molecule has 1 aliphatic heterocycles. The largest absolute Gasteiger partial charge is 0.395 e. The minimum absolute atomic E-state index is 0.0259. The number of aromatic nitrogens is 2. The molecule has 0 aliphatic carbocycles. The van der Waals surface area contributed by atoms with Crippen LogP contribution < -0.4 is 4.90 Å². The standard InChI is InChI=1S/C16H28N4O2/c1-16(2,3)14(12-21)19(4)11-13-9-17-15(18-10-13)20-5-7-22-8-6-20/h9-10,14,21H,5-8,11-12H2,1-4H3. The van der Waals surface area contributed by atoms with Crippen molar-refractivity contribution in [3.8, 4) is 0 Å². The van der Waals surface area contributed by atoms with Crippen molar-refractivity contribution in [1.82, 2.24) is 14.9 Å². The van der Waals surface area contributed by atoms with E-state index in [4.69, 9.17) is 4.74 Å². The summed E-state index contributed by atoms with van der Waals surface area (Å²) in [6.45, 7) is 10.5. The van der Waals surface area contributed by atoms with Gasteiger partial charge in [0, 0.05) is 43.6 Å². The Morgan fingerprint density at radius 3 is 2.36 bits per heavy atom. The van der Waals surface area contributed by atoms with Crippen LogP contribution in [0.1, 0.15) is 26.3 Å². The molecule has 0 spiro atoms. The summed E-state index contributed by atoms with van der Waals surface area (Å²) >= 11 is 0. The van der Waals surface area contributed by atoms with Crippen molar-refractivity contribution in [3.05, 3.63) is 18.0 Å². The number of ether oxygens (including phenoxy) is 1. The smallest absolute Gasteiger partial charge is 0.225 e. The number of nitrogens with zero attached hydrogens (tertiary/aromatic N) is 4. The highest BCUT2D eigenvalue weighted by Crippen LogP contribution is 2.24. The fourth-order valence-electron chi connectivity index (χ4n) is 2.83. The van der Waals surface area contributed by atoms with Crippen molar-refractivity contribution < 1.29 is 9.84 Å². The van der Waals surface area contributed by atoms with E-state index >= 15 is 0 Å². The van der Waals surface area contributed by atoms with Crippen molar-refractivity contribution in [2.75, 3.05) is 44.9 Å². The topological polar surface area (TPSA) is 61.7 Å². The first kappa shape index (κ1) is 17.1. The molecule has 2 rings (SSSR count). The van der Waals surface area contributed by atoms with Gasteiger partial charge in [0.05, 0.1) is 19.8 Å². The summed E-state index contributed by atoms with van der Waals surface area (Å²) in [7, 11) is 2.03. The summed E-state index contributed by atoms with van der Waals surface area (Å²) in [6, 6.07) is 0.103. The molecule has 6 nitrogen and oxygen atoms in total. The van der Waals surface area contributed by atoms with Gasteiger partial charge in [-0.2, -0.15) is 0 Å². The molecule has 124 valence electrons. The number of hydrogen-bond donors (Lipinski definition) is 1. The van der Waals surface area contributed by atoms with E-state index in [1.54, 1.807) is 0 Å². The lowest BCUT2D eigenvalue weighted by molar-refractivity contribution is 0.0613. The lowest BCUT2D eigenvalue weighted by atomic mass is 9.86. The van der Waals surface area contributed by atoms with Gasteiger partial charge in [-0.15, -0.1) is 0 Å². The molecule has 0 saturated carbocycles. The molecule has 2 heterocycles. The highest BCUT2D eigenvalue weighted by molar-refractivity contribution is 5.30. The van der Waals surface area contributed by atoms with Gasteiger partial charge in [-0.1, -0.05) is 20.8 Å². The van der Waals surface area contributed by atoms with Gasteiger partial charge in [0.1, 0.15) is 0 Å². The molecule has 1 aromatic rings. The first-order valence-electron chi connectivity index (χ1n) is 7.86. The lowest BCUT2D eigenvalue weighted by Crippen LogP contribution is -2.44. The van der Waals surface area contributed by atoms with Crippen LogP contribution >= 0.6 is 0 Å².